The minimum absolute atomic E-state index is 0.00742. The maximum Gasteiger partial charge on any atom is 0.224 e. The third kappa shape index (κ3) is 9.88. The van der Waals surface area contributed by atoms with Gasteiger partial charge in [0, 0.05) is 6.42 Å². The fraction of sp³-hybridized carbons (Fsp3) is 0.278. The number of carbonyl (C=O) groups is 1. The minimum Gasteiger partial charge on any atom is -0.506 e. The van der Waals surface area contributed by atoms with Crippen molar-refractivity contribution in [2.45, 2.75) is 26.7 Å². The van der Waals surface area contributed by atoms with Crippen molar-refractivity contribution < 1.29 is 9.90 Å². The van der Waals surface area contributed by atoms with Crippen LogP contribution in [0.4, 0.5) is 0 Å². The van der Waals surface area contributed by atoms with E-state index in [1.54, 1.807) is 30.8 Å². The zero-order valence-electron chi connectivity index (χ0n) is 13.3. The number of hydrogen-bond donors (Lipinski definition) is 2. The Kier molecular flexibility index (Phi) is 11.6. The second-order valence-electron chi connectivity index (χ2n) is 4.39. The summed E-state index contributed by atoms with van der Waals surface area (Å²) in [6.07, 6.45) is 13.3. The standard InChI is InChI=1S/C18H25NO2S/c1-5-8-9-12-15(4)22-14-10-13-18(21)19-16(7-3)17(20)11-6-2/h5-9,11-12,20H,1-2,10,13-14H2,3-4H3,(H,19,21)/b9-8-,15-12+,16-7+,17-11+. The molecule has 0 spiro atoms. The monoisotopic (exact) mass is 319 g/mol. The van der Waals surface area contributed by atoms with E-state index in [1.807, 2.05) is 25.2 Å². The van der Waals surface area contributed by atoms with E-state index in [9.17, 15) is 9.90 Å². The first-order valence-corrected chi connectivity index (χ1v) is 8.10. The van der Waals surface area contributed by atoms with Gasteiger partial charge in [-0.3, -0.25) is 4.79 Å². The highest BCUT2D eigenvalue weighted by atomic mass is 32.2. The maximum absolute atomic E-state index is 11.8. The lowest BCUT2D eigenvalue weighted by atomic mass is 10.2. The number of amides is 1. The molecule has 0 aliphatic carbocycles. The fourth-order valence-corrected chi connectivity index (χ4v) is 2.27. The van der Waals surface area contributed by atoms with Gasteiger partial charge in [-0.25, -0.2) is 0 Å². The third-order valence-corrected chi connectivity index (χ3v) is 3.65. The molecule has 0 aromatic rings. The van der Waals surface area contributed by atoms with Crippen molar-refractivity contribution in [3.8, 4) is 0 Å². The van der Waals surface area contributed by atoms with Crippen molar-refractivity contribution in [1.82, 2.24) is 5.32 Å². The zero-order valence-corrected chi connectivity index (χ0v) is 14.2. The van der Waals surface area contributed by atoms with Crippen molar-refractivity contribution in [3.05, 3.63) is 72.1 Å². The summed E-state index contributed by atoms with van der Waals surface area (Å²) in [5.41, 5.74) is 0.406. The predicted molar refractivity (Wildman–Crippen MR) is 97.6 cm³/mol. The van der Waals surface area contributed by atoms with Crippen LogP contribution in [0, 0.1) is 0 Å². The summed E-state index contributed by atoms with van der Waals surface area (Å²) >= 11 is 1.71. The molecule has 120 valence electrons. The molecule has 2 N–H and O–H groups in total. The number of aliphatic hydroxyl groups excluding tert-OH is 1. The molecule has 0 radical (unpaired) electrons. The molecular weight excluding hydrogens is 294 g/mol. The molecule has 22 heavy (non-hydrogen) atoms. The molecule has 0 unspecified atom stereocenters. The Morgan fingerprint density at radius 3 is 2.55 bits per heavy atom. The summed E-state index contributed by atoms with van der Waals surface area (Å²) < 4.78 is 0. The van der Waals surface area contributed by atoms with E-state index in [0.717, 1.165) is 12.2 Å². The van der Waals surface area contributed by atoms with E-state index in [1.165, 1.54) is 17.1 Å². The van der Waals surface area contributed by atoms with E-state index < -0.39 is 0 Å². The van der Waals surface area contributed by atoms with Gasteiger partial charge in [-0.05, 0) is 37.0 Å². The molecule has 0 saturated carbocycles. The van der Waals surface area contributed by atoms with Gasteiger partial charge in [0.15, 0.2) is 0 Å². The van der Waals surface area contributed by atoms with Gasteiger partial charge in [0.1, 0.15) is 5.76 Å². The normalized spacial score (nSPS) is 13.3. The van der Waals surface area contributed by atoms with E-state index in [4.69, 9.17) is 0 Å². The van der Waals surface area contributed by atoms with Gasteiger partial charge < -0.3 is 10.4 Å². The largest absolute Gasteiger partial charge is 0.506 e. The lowest BCUT2D eigenvalue weighted by molar-refractivity contribution is -0.120. The number of carbonyl (C=O) groups excluding carboxylic acids is 1. The second kappa shape index (κ2) is 12.8. The SMILES string of the molecule is C=C/C=C\C=C(/C)SCCCC(=O)NC(=C/C)/C(O)=C\C=C. The van der Waals surface area contributed by atoms with E-state index in [2.05, 4.69) is 18.5 Å². The molecule has 0 aliphatic rings. The van der Waals surface area contributed by atoms with Crippen molar-refractivity contribution in [3.63, 3.8) is 0 Å². The number of rotatable bonds is 10. The van der Waals surface area contributed by atoms with Crippen LogP contribution in [0.25, 0.3) is 0 Å². The first-order valence-electron chi connectivity index (χ1n) is 7.12. The van der Waals surface area contributed by atoms with Crippen molar-refractivity contribution in [2.24, 2.45) is 0 Å². The lowest BCUT2D eigenvalue weighted by Gasteiger charge is -2.08. The first kappa shape index (κ1) is 20.1. The summed E-state index contributed by atoms with van der Waals surface area (Å²) in [6.45, 7) is 10.9. The first-order chi connectivity index (χ1) is 10.5. The summed E-state index contributed by atoms with van der Waals surface area (Å²) in [6, 6.07) is 0. The zero-order chi connectivity index (χ0) is 16.8. The van der Waals surface area contributed by atoms with Gasteiger partial charge in [0.25, 0.3) is 0 Å². The molecule has 1 amide bonds. The van der Waals surface area contributed by atoms with Crippen LogP contribution < -0.4 is 5.32 Å². The summed E-state index contributed by atoms with van der Waals surface area (Å²) in [5.74, 6) is 0.774. The molecule has 0 fully saturated rings. The van der Waals surface area contributed by atoms with Gasteiger partial charge in [0.2, 0.25) is 5.91 Å². The molecule has 0 aromatic heterocycles. The van der Waals surface area contributed by atoms with Crippen LogP contribution in [0.3, 0.4) is 0 Å². The number of aliphatic hydroxyl groups is 1. The number of nitrogens with one attached hydrogen (secondary N) is 1. The molecule has 0 saturated heterocycles. The molecule has 3 nitrogen and oxygen atoms in total. The van der Waals surface area contributed by atoms with Crippen LogP contribution in [0.5, 0.6) is 0 Å². The smallest absolute Gasteiger partial charge is 0.224 e. The Labute approximate surface area is 137 Å². The molecule has 0 heterocycles. The Bertz CT molecular complexity index is 499. The third-order valence-electron chi connectivity index (χ3n) is 2.57. The van der Waals surface area contributed by atoms with Gasteiger partial charge in [-0.15, -0.1) is 11.8 Å². The number of hydrogen-bond acceptors (Lipinski definition) is 3. The van der Waals surface area contributed by atoms with Gasteiger partial charge in [0.05, 0.1) is 5.70 Å². The maximum atomic E-state index is 11.8. The lowest BCUT2D eigenvalue weighted by Crippen LogP contribution is -2.23. The Hall–Kier alpha value is -1.94. The highest BCUT2D eigenvalue weighted by Crippen LogP contribution is 2.16. The fourth-order valence-electron chi connectivity index (χ4n) is 1.48. The summed E-state index contributed by atoms with van der Waals surface area (Å²) in [4.78, 5) is 13.0. The average molecular weight is 319 g/mol. The molecule has 0 rings (SSSR count). The van der Waals surface area contributed by atoms with Gasteiger partial charge >= 0.3 is 0 Å². The van der Waals surface area contributed by atoms with Crippen LogP contribution in [0.15, 0.2) is 72.1 Å². The van der Waals surface area contributed by atoms with Gasteiger partial charge in [-0.1, -0.05) is 49.6 Å². The van der Waals surface area contributed by atoms with E-state index in [-0.39, 0.29) is 11.7 Å². The molecule has 4 heteroatoms. The van der Waals surface area contributed by atoms with Crippen LogP contribution in [-0.2, 0) is 4.79 Å². The van der Waals surface area contributed by atoms with Crippen molar-refractivity contribution in [2.75, 3.05) is 5.75 Å². The minimum atomic E-state index is -0.106. The quantitative estimate of drug-likeness (QED) is 0.346. The molecular formula is C18H25NO2S. The molecule has 0 aromatic carbocycles. The summed E-state index contributed by atoms with van der Waals surface area (Å²) in [5, 5.41) is 12.4. The molecule has 0 aliphatic heterocycles. The second-order valence-corrected chi connectivity index (χ2v) is 5.73. The topological polar surface area (TPSA) is 49.3 Å². The Morgan fingerprint density at radius 2 is 1.95 bits per heavy atom. The number of thioether (sulfide) groups is 1. The van der Waals surface area contributed by atoms with E-state index >= 15 is 0 Å². The van der Waals surface area contributed by atoms with Crippen molar-refractivity contribution in [1.29, 1.82) is 0 Å². The summed E-state index contributed by atoms with van der Waals surface area (Å²) in [7, 11) is 0. The number of allylic oxidation sites excluding steroid dienone is 8. The van der Waals surface area contributed by atoms with E-state index in [0.29, 0.717) is 12.1 Å². The van der Waals surface area contributed by atoms with Crippen LogP contribution in [0.1, 0.15) is 26.7 Å². The highest BCUT2D eigenvalue weighted by molar-refractivity contribution is 8.03. The van der Waals surface area contributed by atoms with Gasteiger partial charge in [-0.2, -0.15) is 0 Å². The molecule has 0 bridgehead atoms. The van der Waals surface area contributed by atoms with Crippen LogP contribution >= 0.6 is 11.8 Å². The Balaban J connectivity index is 4.12. The molecule has 0 atom stereocenters. The highest BCUT2D eigenvalue weighted by Gasteiger charge is 2.07. The van der Waals surface area contributed by atoms with Crippen molar-refractivity contribution >= 4 is 17.7 Å². The Morgan fingerprint density at radius 1 is 1.23 bits per heavy atom. The van der Waals surface area contributed by atoms with Crippen LogP contribution in [-0.4, -0.2) is 16.8 Å². The predicted octanol–water partition coefficient (Wildman–Crippen LogP) is 4.79. The van der Waals surface area contributed by atoms with Crippen LogP contribution in [0.2, 0.25) is 0 Å². The average Bonchev–Trinajstić information content (AvgIpc) is 2.49.